The lowest BCUT2D eigenvalue weighted by atomic mass is 9.96. The molecule has 0 saturated carbocycles. The molecule has 1 atom stereocenters. The van der Waals surface area contributed by atoms with Gasteiger partial charge in [0.25, 0.3) is 11.2 Å². The molecule has 0 N–H and O–H groups in total. The Morgan fingerprint density at radius 2 is 1.97 bits per heavy atom. The maximum atomic E-state index is 13.9. The van der Waals surface area contributed by atoms with Crippen LogP contribution >= 0.6 is 11.3 Å². The first-order valence-electron chi connectivity index (χ1n) is 12.3. The molecule has 10 nitrogen and oxygen atoms in total. The minimum absolute atomic E-state index is 0.101. The van der Waals surface area contributed by atoms with Crippen LogP contribution in [0.3, 0.4) is 0 Å². The molecule has 0 radical (unpaired) electrons. The number of thiazole rings is 1. The molecule has 1 fully saturated rings. The number of hydrogen-bond donors (Lipinski definition) is 0. The number of aromatic nitrogens is 1. The van der Waals surface area contributed by atoms with Crippen LogP contribution in [0.5, 0.6) is 0 Å². The molecule has 39 heavy (non-hydrogen) atoms. The number of fused-ring (bicyclic) bond motifs is 1. The monoisotopic (exact) mass is 552 g/mol. The Kier molecular flexibility index (Phi) is 7.40. The number of halogens is 1. The molecule has 5 rings (SSSR count). The van der Waals surface area contributed by atoms with Gasteiger partial charge in [-0.25, -0.2) is 14.2 Å². The molecule has 2 aliphatic rings. The highest BCUT2D eigenvalue weighted by molar-refractivity contribution is 7.07. The van der Waals surface area contributed by atoms with E-state index in [-0.39, 0.29) is 22.4 Å². The summed E-state index contributed by atoms with van der Waals surface area (Å²) < 4.78 is 26.2. The summed E-state index contributed by atoms with van der Waals surface area (Å²) >= 11 is 1.11. The Hall–Kier alpha value is -4.16. The molecule has 0 bridgehead atoms. The highest BCUT2D eigenvalue weighted by Gasteiger charge is 2.33. The maximum absolute atomic E-state index is 13.9. The molecule has 0 aliphatic carbocycles. The average Bonchev–Trinajstić information content (AvgIpc) is 3.23. The van der Waals surface area contributed by atoms with Crippen molar-refractivity contribution in [2.75, 3.05) is 37.8 Å². The molecule has 3 aromatic rings. The van der Waals surface area contributed by atoms with Crippen molar-refractivity contribution >= 4 is 34.8 Å². The van der Waals surface area contributed by atoms with E-state index in [4.69, 9.17) is 9.47 Å². The van der Waals surface area contributed by atoms with Crippen LogP contribution in [0.25, 0.3) is 6.08 Å². The van der Waals surface area contributed by atoms with Crippen LogP contribution in [-0.2, 0) is 14.3 Å². The lowest BCUT2D eigenvalue weighted by molar-refractivity contribution is -0.384. The number of esters is 1. The standard InChI is InChI=1S/C27H25FN4O6S/c1-3-38-26(34)23-16(2)29-27-31(24(23)17-4-6-19(28)7-5-17)25(33)22(39-27)15-18-14-20(32(35)36)8-9-21(18)30-10-12-37-13-11-30/h4-9,14-15,24H,3,10-13H2,1-2H3/b22-15-/t24-/m1/s1. The Morgan fingerprint density at radius 3 is 2.64 bits per heavy atom. The highest BCUT2D eigenvalue weighted by atomic mass is 32.1. The number of carbonyl (C=O) groups excluding carboxylic acids is 1. The van der Waals surface area contributed by atoms with Gasteiger partial charge in [-0.1, -0.05) is 23.5 Å². The van der Waals surface area contributed by atoms with E-state index in [9.17, 15) is 24.1 Å². The highest BCUT2D eigenvalue weighted by Crippen LogP contribution is 2.31. The molecule has 0 unspecified atom stereocenters. The van der Waals surface area contributed by atoms with E-state index in [1.54, 1.807) is 26.0 Å². The van der Waals surface area contributed by atoms with Crippen molar-refractivity contribution in [3.05, 3.63) is 100 Å². The number of nitro benzene ring substituents is 1. The van der Waals surface area contributed by atoms with E-state index in [2.05, 4.69) is 9.89 Å². The van der Waals surface area contributed by atoms with E-state index in [0.717, 1.165) is 17.0 Å². The van der Waals surface area contributed by atoms with Crippen LogP contribution in [0, 0.1) is 15.9 Å². The van der Waals surface area contributed by atoms with Gasteiger partial charge < -0.3 is 14.4 Å². The number of nitrogens with zero attached hydrogens (tertiary/aromatic N) is 4. The summed E-state index contributed by atoms with van der Waals surface area (Å²) in [6.45, 7) is 5.72. The van der Waals surface area contributed by atoms with Gasteiger partial charge in [-0.05, 0) is 43.7 Å². The summed E-state index contributed by atoms with van der Waals surface area (Å²) in [5.74, 6) is -1.07. The number of carbonyl (C=O) groups is 1. The van der Waals surface area contributed by atoms with Crippen molar-refractivity contribution < 1.29 is 23.6 Å². The summed E-state index contributed by atoms with van der Waals surface area (Å²) in [5, 5.41) is 11.5. The second kappa shape index (κ2) is 10.9. The fourth-order valence-electron chi connectivity index (χ4n) is 4.76. The summed E-state index contributed by atoms with van der Waals surface area (Å²) in [5.41, 5.74) is 1.82. The number of morpholine rings is 1. The SMILES string of the molecule is CCOC(=O)C1=C(C)N=c2s/c(=C\c3cc([N+](=O)[O-])ccc3N3CCOCC3)c(=O)n2[C@@H]1c1ccc(F)cc1. The summed E-state index contributed by atoms with van der Waals surface area (Å²) in [6, 6.07) is 9.24. The van der Waals surface area contributed by atoms with Crippen LogP contribution in [0.4, 0.5) is 15.8 Å². The Morgan fingerprint density at radius 1 is 1.26 bits per heavy atom. The quantitative estimate of drug-likeness (QED) is 0.262. The number of allylic oxidation sites excluding steroid dienone is 1. The predicted molar refractivity (Wildman–Crippen MR) is 143 cm³/mol. The van der Waals surface area contributed by atoms with Crippen LogP contribution in [0.2, 0.25) is 0 Å². The lowest BCUT2D eigenvalue weighted by Gasteiger charge is -2.30. The van der Waals surface area contributed by atoms with Crippen LogP contribution in [0.1, 0.15) is 31.0 Å². The van der Waals surface area contributed by atoms with Crippen LogP contribution in [0.15, 0.2) is 63.5 Å². The number of non-ortho nitro benzene ring substituents is 1. The summed E-state index contributed by atoms with van der Waals surface area (Å²) in [6.07, 6.45) is 1.62. The van der Waals surface area contributed by atoms with Crippen LogP contribution < -0.4 is 19.8 Å². The third-order valence-corrected chi connectivity index (χ3v) is 7.55. The van der Waals surface area contributed by atoms with Gasteiger partial charge in [0.15, 0.2) is 4.80 Å². The minimum Gasteiger partial charge on any atom is -0.463 e. The van der Waals surface area contributed by atoms with Gasteiger partial charge in [0.2, 0.25) is 0 Å². The molecular weight excluding hydrogens is 527 g/mol. The third-order valence-electron chi connectivity index (χ3n) is 6.56. The minimum atomic E-state index is -0.883. The second-order valence-corrected chi connectivity index (χ2v) is 9.96. The molecule has 1 saturated heterocycles. The molecule has 202 valence electrons. The zero-order valence-electron chi connectivity index (χ0n) is 21.3. The van der Waals surface area contributed by atoms with Gasteiger partial charge in [0, 0.05) is 36.5 Å². The molecule has 2 aliphatic heterocycles. The number of rotatable bonds is 6. The fraction of sp³-hybridized carbons (Fsp3) is 0.296. The van der Waals surface area contributed by atoms with E-state index < -0.39 is 28.3 Å². The van der Waals surface area contributed by atoms with Gasteiger partial charge in [-0.2, -0.15) is 0 Å². The van der Waals surface area contributed by atoms with Gasteiger partial charge in [-0.15, -0.1) is 0 Å². The van der Waals surface area contributed by atoms with Crippen molar-refractivity contribution in [1.82, 2.24) is 4.57 Å². The number of benzene rings is 2. The van der Waals surface area contributed by atoms with Gasteiger partial charge in [-0.3, -0.25) is 19.5 Å². The van der Waals surface area contributed by atoms with Gasteiger partial charge in [0.05, 0.1) is 46.6 Å². The Labute approximate surface area is 226 Å². The Balaban J connectivity index is 1.71. The lowest BCUT2D eigenvalue weighted by Crippen LogP contribution is -2.40. The number of nitro groups is 1. The van der Waals surface area contributed by atoms with Crippen molar-refractivity contribution in [1.29, 1.82) is 0 Å². The molecular formula is C27H25FN4O6S. The molecule has 1 aromatic heterocycles. The van der Waals surface area contributed by atoms with E-state index in [1.807, 2.05) is 0 Å². The molecule has 12 heteroatoms. The van der Waals surface area contributed by atoms with Crippen molar-refractivity contribution in [3.8, 4) is 0 Å². The zero-order chi connectivity index (χ0) is 27.7. The first-order valence-corrected chi connectivity index (χ1v) is 13.2. The van der Waals surface area contributed by atoms with Crippen molar-refractivity contribution in [2.45, 2.75) is 19.9 Å². The summed E-state index contributed by atoms with van der Waals surface area (Å²) in [7, 11) is 0. The fourth-order valence-corrected chi connectivity index (χ4v) is 5.79. The van der Waals surface area contributed by atoms with Crippen molar-refractivity contribution in [2.24, 2.45) is 4.99 Å². The van der Waals surface area contributed by atoms with Gasteiger partial charge in [0.1, 0.15) is 5.82 Å². The van der Waals surface area contributed by atoms with E-state index in [0.29, 0.717) is 47.9 Å². The Bertz CT molecular complexity index is 1650. The first-order chi connectivity index (χ1) is 18.8. The average molecular weight is 553 g/mol. The normalized spacial score (nSPS) is 17.6. The smallest absolute Gasteiger partial charge is 0.338 e. The van der Waals surface area contributed by atoms with E-state index >= 15 is 0 Å². The number of hydrogen-bond acceptors (Lipinski definition) is 9. The zero-order valence-corrected chi connectivity index (χ0v) is 22.1. The predicted octanol–water partition coefficient (Wildman–Crippen LogP) is 2.68. The summed E-state index contributed by atoms with van der Waals surface area (Å²) in [4.78, 5) is 44.9. The maximum Gasteiger partial charge on any atom is 0.338 e. The number of anilines is 1. The second-order valence-electron chi connectivity index (χ2n) is 8.95. The topological polar surface area (TPSA) is 116 Å². The molecule has 0 spiro atoms. The largest absolute Gasteiger partial charge is 0.463 e. The van der Waals surface area contributed by atoms with E-state index in [1.165, 1.54) is 41.0 Å². The molecule has 2 aromatic carbocycles. The first kappa shape index (κ1) is 26.4. The molecule has 3 heterocycles. The van der Waals surface area contributed by atoms with Gasteiger partial charge >= 0.3 is 5.97 Å². The third kappa shape index (κ3) is 5.12. The number of ether oxygens (including phenoxy) is 2. The molecule has 0 amide bonds. The van der Waals surface area contributed by atoms with Crippen molar-refractivity contribution in [3.63, 3.8) is 0 Å². The van der Waals surface area contributed by atoms with Crippen LogP contribution in [-0.4, -0.2) is 48.4 Å².